The number of pyridine rings is 1. The second-order valence-corrected chi connectivity index (χ2v) is 4.71. The molecule has 1 N–H and O–H groups in total. The van der Waals surface area contributed by atoms with Crippen molar-refractivity contribution < 1.29 is 4.79 Å². The zero-order valence-electron chi connectivity index (χ0n) is 12.0. The van der Waals surface area contributed by atoms with Gasteiger partial charge in [0.2, 0.25) is 0 Å². The van der Waals surface area contributed by atoms with E-state index in [1.807, 2.05) is 24.3 Å². The van der Waals surface area contributed by atoms with E-state index in [9.17, 15) is 9.59 Å². The molecule has 22 heavy (non-hydrogen) atoms. The second-order valence-electron chi connectivity index (χ2n) is 4.71. The summed E-state index contributed by atoms with van der Waals surface area (Å²) in [5.41, 5.74) is 1.28. The van der Waals surface area contributed by atoms with Gasteiger partial charge in [0, 0.05) is 24.2 Å². The smallest absolute Gasteiger partial charge is 0.276 e. The maximum atomic E-state index is 12.3. The van der Waals surface area contributed by atoms with Crippen molar-refractivity contribution in [2.24, 2.45) is 0 Å². The molecular formula is C16H14N4O2. The van der Waals surface area contributed by atoms with E-state index in [4.69, 9.17) is 0 Å². The number of hydrogen-bond acceptors (Lipinski definition) is 4. The van der Waals surface area contributed by atoms with Crippen LogP contribution in [0, 0.1) is 0 Å². The standard InChI is InChI=1S/C16H14N4O2/c1-2-20-14(21)9-8-13(19-20)16(22)18-12-7-3-5-11-6-4-10-17-15(11)12/h3-10H,2H2,1H3,(H,18,22). The number of fused-ring (bicyclic) bond motifs is 1. The maximum Gasteiger partial charge on any atom is 0.276 e. The van der Waals surface area contributed by atoms with Crippen LogP contribution in [0.4, 0.5) is 5.69 Å². The average molecular weight is 294 g/mol. The zero-order chi connectivity index (χ0) is 15.5. The molecule has 1 aromatic carbocycles. The van der Waals surface area contributed by atoms with Crippen LogP contribution >= 0.6 is 0 Å². The van der Waals surface area contributed by atoms with Gasteiger partial charge in [0.15, 0.2) is 0 Å². The minimum atomic E-state index is -0.375. The first-order chi connectivity index (χ1) is 10.7. The first-order valence-electron chi connectivity index (χ1n) is 6.92. The van der Waals surface area contributed by atoms with Gasteiger partial charge >= 0.3 is 0 Å². The number of anilines is 1. The Kier molecular flexibility index (Phi) is 3.65. The summed E-state index contributed by atoms with van der Waals surface area (Å²) in [6, 6.07) is 12.1. The maximum absolute atomic E-state index is 12.3. The molecule has 2 heterocycles. The van der Waals surface area contributed by atoms with Crippen molar-refractivity contribution in [3.63, 3.8) is 0 Å². The molecule has 0 atom stereocenters. The number of rotatable bonds is 3. The normalized spacial score (nSPS) is 10.6. The van der Waals surface area contributed by atoms with E-state index >= 15 is 0 Å². The van der Waals surface area contributed by atoms with E-state index < -0.39 is 0 Å². The van der Waals surface area contributed by atoms with Gasteiger partial charge in [0.25, 0.3) is 11.5 Å². The number of nitrogens with zero attached hydrogens (tertiary/aromatic N) is 3. The van der Waals surface area contributed by atoms with Crippen molar-refractivity contribution in [2.75, 3.05) is 5.32 Å². The molecule has 0 saturated heterocycles. The molecule has 0 spiro atoms. The fourth-order valence-electron chi connectivity index (χ4n) is 2.19. The summed E-state index contributed by atoms with van der Waals surface area (Å²) in [5, 5.41) is 7.77. The van der Waals surface area contributed by atoms with Crippen LogP contribution in [0.5, 0.6) is 0 Å². The van der Waals surface area contributed by atoms with E-state index in [2.05, 4.69) is 15.4 Å². The summed E-state index contributed by atoms with van der Waals surface area (Å²) in [6.45, 7) is 2.21. The zero-order valence-corrected chi connectivity index (χ0v) is 12.0. The summed E-state index contributed by atoms with van der Waals surface area (Å²) in [7, 11) is 0. The second kappa shape index (κ2) is 5.77. The summed E-state index contributed by atoms with van der Waals surface area (Å²) < 4.78 is 1.25. The van der Waals surface area contributed by atoms with Crippen molar-refractivity contribution in [1.29, 1.82) is 0 Å². The van der Waals surface area contributed by atoms with Crippen LogP contribution in [-0.2, 0) is 6.54 Å². The molecule has 0 aliphatic rings. The van der Waals surface area contributed by atoms with Gasteiger partial charge in [0.1, 0.15) is 5.69 Å². The number of aromatic nitrogens is 3. The number of carbonyl (C=O) groups is 1. The predicted octanol–water partition coefficient (Wildman–Crippen LogP) is 2.06. The minimum absolute atomic E-state index is 0.189. The SMILES string of the molecule is CCn1nc(C(=O)Nc2cccc3cccnc23)ccc1=O. The third kappa shape index (κ3) is 2.58. The van der Waals surface area contributed by atoms with Gasteiger partial charge in [-0.3, -0.25) is 14.6 Å². The Bertz CT molecular complexity index is 897. The highest BCUT2D eigenvalue weighted by atomic mass is 16.2. The first kappa shape index (κ1) is 13.9. The molecule has 0 aliphatic heterocycles. The monoisotopic (exact) mass is 294 g/mol. The largest absolute Gasteiger partial charge is 0.319 e. The van der Waals surface area contributed by atoms with Crippen LogP contribution in [0.3, 0.4) is 0 Å². The predicted molar refractivity (Wildman–Crippen MR) is 83.9 cm³/mol. The average Bonchev–Trinajstić information content (AvgIpc) is 2.55. The van der Waals surface area contributed by atoms with Gasteiger partial charge in [-0.2, -0.15) is 5.10 Å². The lowest BCUT2D eigenvalue weighted by molar-refractivity contribution is 0.102. The van der Waals surface area contributed by atoms with Gasteiger partial charge in [-0.15, -0.1) is 0 Å². The Morgan fingerprint density at radius 3 is 2.82 bits per heavy atom. The van der Waals surface area contributed by atoms with Crippen LogP contribution in [-0.4, -0.2) is 20.7 Å². The number of amides is 1. The first-order valence-corrected chi connectivity index (χ1v) is 6.92. The third-order valence-corrected chi connectivity index (χ3v) is 3.28. The molecule has 0 fully saturated rings. The highest BCUT2D eigenvalue weighted by Crippen LogP contribution is 2.20. The lowest BCUT2D eigenvalue weighted by Gasteiger charge is -2.08. The topological polar surface area (TPSA) is 76.9 Å². The number of benzene rings is 1. The van der Waals surface area contributed by atoms with Crippen LogP contribution in [0.15, 0.2) is 53.5 Å². The fraction of sp³-hybridized carbons (Fsp3) is 0.125. The summed E-state index contributed by atoms with van der Waals surface area (Å²) in [4.78, 5) is 28.1. The number of hydrogen-bond donors (Lipinski definition) is 1. The molecule has 0 aliphatic carbocycles. The Morgan fingerprint density at radius 2 is 2.00 bits per heavy atom. The van der Waals surface area contributed by atoms with Gasteiger partial charge in [-0.05, 0) is 25.1 Å². The molecule has 3 rings (SSSR count). The summed E-state index contributed by atoms with van der Waals surface area (Å²) >= 11 is 0. The molecule has 110 valence electrons. The minimum Gasteiger partial charge on any atom is -0.319 e. The molecule has 1 amide bonds. The Morgan fingerprint density at radius 1 is 1.18 bits per heavy atom. The van der Waals surface area contributed by atoms with E-state index in [0.29, 0.717) is 17.7 Å². The highest BCUT2D eigenvalue weighted by Gasteiger charge is 2.11. The molecule has 0 saturated carbocycles. The van der Waals surface area contributed by atoms with Gasteiger partial charge in [-0.25, -0.2) is 4.68 Å². The molecule has 0 radical (unpaired) electrons. The van der Waals surface area contributed by atoms with Crippen molar-refractivity contribution >= 4 is 22.5 Å². The third-order valence-electron chi connectivity index (χ3n) is 3.28. The van der Waals surface area contributed by atoms with Crippen molar-refractivity contribution in [3.05, 3.63) is 64.7 Å². The van der Waals surface area contributed by atoms with Crippen molar-refractivity contribution in [1.82, 2.24) is 14.8 Å². The molecule has 0 unspecified atom stereocenters. The number of carbonyl (C=O) groups excluding carboxylic acids is 1. The molecule has 0 bridgehead atoms. The Labute approximate surface area is 126 Å². The summed E-state index contributed by atoms with van der Waals surface area (Å²) in [5.74, 6) is -0.375. The Balaban J connectivity index is 1.95. The molecular weight excluding hydrogens is 280 g/mol. The van der Waals surface area contributed by atoms with Crippen LogP contribution < -0.4 is 10.9 Å². The highest BCUT2D eigenvalue weighted by molar-refractivity contribution is 6.07. The molecule has 6 heteroatoms. The van der Waals surface area contributed by atoms with E-state index in [-0.39, 0.29) is 17.2 Å². The lowest BCUT2D eigenvalue weighted by atomic mass is 10.2. The van der Waals surface area contributed by atoms with Crippen molar-refractivity contribution in [2.45, 2.75) is 13.5 Å². The molecule has 2 aromatic heterocycles. The van der Waals surface area contributed by atoms with Crippen LogP contribution in [0.1, 0.15) is 17.4 Å². The van der Waals surface area contributed by atoms with E-state index in [0.717, 1.165) is 5.39 Å². The number of nitrogens with one attached hydrogen (secondary N) is 1. The van der Waals surface area contributed by atoms with Gasteiger partial charge in [-0.1, -0.05) is 18.2 Å². The summed E-state index contributed by atoms with van der Waals surface area (Å²) in [6.07, 6.45) is 1.67. The van der Waals surface area contributed by atoms with Gasteiger partial charge < -0.3 is 5.32 Å². The van der Waals surface area contributed by atoms with E-state index in [1.165, 1.54) is 16.8 Å². The molecule has 6 nitrogen and oxygen atoms in total. The van der Waals surface area contributed by atoms with Crippen molar-refractivity contribution in [3.8, 4) is 0 Å². The quantitative estimate of drug-likeness (QED) is 0.802. The van der Waals surface area contributed by atoms with Crippen LogP contribution in [0.2, 0.25) is 0 Å². The number of aryl methyl sites for hydroxylation is 1. The Hall–Kier alpha value is -3.02. The molecule has 3 aromatic rings. The van der Waals surface area contributed by atoms with E-state index in [1.54, 1.807) is 19.2 Å². The van der Waals surface area contributed by atoms with Crippen LogP contribution in [0.25, 0.3) is 10.9 Å². The lowest BCUT2D eigenvalue weighted by Crippen LogP contribution is -2.25. The number of para-hydroxylation sites is 1. The fourth-order valence-corrected chi connectivity index (χ4v) is 2.19. The van der Waals surface area contributed by atoms with Gasteiger partial charge in [0.05, 0.1) is 11.2 Å².